The van der Waals surface area contributed by atoms with Gasteiger partial charge in [0.1, 0.15) is 11.6 Å². The highest BCUT2D eigenvalue weighted by atomic mass is 19.1. The minimum absolute atomic E-state index is 0.109. The van der Waals surface area contributed by atoms with Crippen LogP contribution >= 0.6 is 0 Å². The second-order valence-electron chi connectivity index (χ2n) is 7.14. The molecule has 2 amide bonds. The summed E-state index contributed by atoms with van der Waals surface area (Å²) in [5, 5.41) is 4.72. The van der Waals surface area contributed by atoms with E-state index in [0.29, 0.717) is 19.4 Å². The van der Waals surface area contributed by atoms with Gasteiger partial charge in [0.05, 0.1) is 6.04 Å². The van der Waals surface area contributed by atoms with Crippen molar-refractivity contribution in [2.45, 2.75) is 25.4 Å². The quantitative estimate of drug-likeness (QED) is 0.680. The van der Waals surface area contributed by atoms with E-state index in [1.165, 1.54) is 4.90 Å². The van der Waals surface area contributed by atoms with Crippen LogP contribution in [0.4, 0.5) is 8.78 Å². The van der Waals surface area contributed by atoms with Crippen molar-refractivity contribution in [1.82, 2.24) is 10.2 Å². The van der Waals surface area contributed by atoms with Gasteiger partial charge in [-0.1, -0.05) is 42.5 Å². The Morgan fingerprint density at radius 2 is 1.83 bits per heavy atom. The monoisotopic (exact) mass is 394 g/mol. The first-order chi connectivity index (χ1) is 14.0. The molecule has 148 valence electrons. The molecule has 0 bridgehead atoms. The first-order valence-corrected chi connectivity index (χ1v) is 9.55. The zero-order chi connectivity index (χ0) is 20.4. The van der Waals surface area contributed by atoms with Crippen LogP contribution in [0.1, 0.15) is 30.0 Å². The molecule has 0 spiro atoms. The number of rotatable bonds is 3. The molecule has 3 aromatic rings. The van der Waals surface area contributed by atoms with Gasteiger partial charge in [-0.05, 0) is 47.4 Å². The van der Waals surface area contributed by atoms with Gasteiger partial charge < -0.3 is 10.2 Å². The van der Waals surface area contributed by atoms with E-state index in [1.54, 1.807) is 0 Å². The molecule has 1 atom stereocenters. The number of benzene rings is 3. The summed E-state index contributed by atoms with van der Waals surface area (Å²) >= 11 is 0. The van der Waals surface area contributed by atoms with Crippen molar-refractivity contribution in [2.75, 3.05) is 6.54 Å². The molecule has 0 radical (unpaired) electrons. The first kappa shape index (κ1) is 19.1. The lowest BCUT2D eigenvalue weighted by Crippen LogP contribution is -2.42. The number of fused-ring (bicyclic) bond motifs is 1. The number of halogens is 2. The highest BCUT2D eigenvalue weighted by Crippen LogP contribution is 2.33. The number of carbonyl (C=O) groups is 2. The molecule has 1 heterocycles. The summed E-state index contributed by atoms with van der Waals surface area (Å²) in [6.45, 7) is 0.542. The van der Waals surface area contributed by atoms with E-state index in [9.17, 15) is 18.4 Å². The SMILES string of the molecule is O=C(NCc1cccc2ccccc12)C(=O)N1CCCC1c1cc(F)ccc1F. The fourth-order valence-electron chi connectivity index (χ4n) is 3.93. The molecule has 1 N–H and O–H groups in total. The topological polar surface area (TPSA) is 49.4 Å². The lowest BCUT2D eigenvalue weighted by atomic mass is 10.0. The van der Waals surface area contributed by atoms with Crippen LogP contribution in [0, 0.1) is 11.6 Å². The summed E-state index contributed by atoms with van der Waals surface area (Å²) < 4.78 is 27.7. The molecule has 0 aliphatic carbocycles. The number of amides is 2. The predicted molar refractivity (Wildman–Crippen MR) is 106 cm³/mol. The third-order valence-electron chi connectivity index (χ3n) is 5.34. The maximum Gasteiger partial charge on any atom is 0.312 e. The van der Waals surface area contributed by atoms with Gasteiger partial charge in [0.25, 0.3) is 0 Å². The van der Waals surface area contributed by atoms with Gasteiger partial charge in [0.2, 0.25) is 0 Å². The van der Waals surface area contributed by atoms with Crippen LogP contribution in [-0.2, 0) is 16.1 Å². The molecular formula is C23H20F2N2O2. The summed E-state index contributed by atoms with van der Waals surface area (Å²) in [5.74, 6) is -2.62. The standard InChI is InChI=1S/C23H20F2N2O2/c24-17-10-11-20(25)19(13-17)21-9-4-12-27(21)23(29)22(28)26-14-16-7-3-6-15-5-1-2-8-18(15)16/h1-3,5-8,10-11,13,21H,4,9,12,14H2,(H,26,28). The largest absolute Gasteiger partial charge is 0.344 e. The van der Waals surface area contributed by atoms with Crippen LogP contribution in [0.25, 0.3) is 10.8 Å². The van der Waals surface area contributed by atoms with E-state index < -0.39 is 29.5 Å². The number of hydrogen-bond donors (Lipinski definition) is 1. The van der Waals surface area contributed by atoms with Gasteiger partial charge in [0, 0.05) is 18.7 Å². The molecule has 0 saturated carbocycles. The highest BCUT2D eigenvalue weighted by molar-refractivity contribution is 6.35. The molecule has 1 aliphatic rings. The third-order valence-corrected chi connectivity index (χ3v) is 5.34. The summed E-state index contributed by atoms with van der Waals surface area (Å²) in [4.78, 5) is 26.5. The van der Waals surface area contributed by atoms with E-state index >= 15 is 0 Å². The zero-order valence-corrected chi connectivity index (χ0v) is 15.7. The normalized spacial score (nSPS) is 16.2. The molecule has 3 aromatic carbocycles. The second-order valence-corrected chi connectivity index (χ2v) is 7.14. The summed E-state index contributed by atoms with van der Waals surface area (Å²) in [6, 6.07) is 16.1. The molecule has 1 fully saturated rings. The number of carbonyl (C=O) groups excluding carboxylic acids is 2. The first-order valence-electron chi connectivity index (χ1n) is 9.55. The Balaban J connectivity index is 1.48. The molecule has 1 aliphatic heterocycles. The molecule has 4 rings (SSSR count). The van der Waals surface area contributed by atoms with Gasteiger partial charge in [-0.3, -0.25) is 9.59 Å². The van der Waals surface area contributed by atoms with Gasteiger partial charge in [-0.15, -0.1) is 0 Å². The van der Waals surface area contributed by atoms with Crippen LogP contribution in [0.5, 0.6) is 0 Å². The Bertz CT molecular complexity index is 1080. The van der Waals surface area contributed by atoms with E-state index in [4.69, 9.17) is 0 Å². The Morgan fingerprint density at radius 1 is 1.03 bits per heavy atom. The van der Waals surface area contributed by atoms with Crippen molar-refractivity contribution in [2.24, 2.45) is 0 Å². The van der Waals surface area contributed by atoms with Gasteiger partial charge in [0.15, 0.2) is 0 Å². The minimum Gasteiger partial charge on any atom is -0.344 e. The smallest absolute Gasteiger partial charge is 0.312 e. The zero-order valence-electron chi connectivity index (χ0n) is 15.7. The fourth-order valence-corrected chi connectivity index (χ4v) is 3.93. The Morgan fingerprint density at radius 3 is 2.69 bits per heavy atom. The maximum absolute atomic E-state index is 14.2. The molecule has 1 unspecified atom stereocenters. The van der Waals surface area contributed by atoms with Gasteiger partial charge in [-0.25, -0.2) is 8.78 Å². The van der Waals surface area contributed by atoms with Crippen LogP contribution in [0.3, 0.4) is 0 Å². The van der Waals surface area contributed by atoms with E-state index in [-0.39, 0.29) is 12.1 Å². The predicted octanol–water partition coefficient (Wildman–Crippen LogP) is 4.10. The molecular weight excluding hydrogens is 374 g/mol. The second kappa shape index (κ2) is 7.99. The van der Waals surface area contributed by atoms with Gasteiger partial charge in [-0.2, -0.15) is 0 Å². The van der Waals surface area contributed by atoms with Crippen LogP contribution in [0.2, 0.25) is 0 Å². The number of nitrogens with zero attached hydrogens (tertiary/aromatic N) is 1. The Labute approximate surface area is 167 Å². The van der Waals surface area contributed by atoms with Crippen molar-refractivity contribution in [3.05, 3.63) is 83.4 Å². The van der Waals surface area contributed by atoms with Gasteiger partial charge >= 0.3 is 11.8 Å². The van der Waals surface area contributed by atoms with Crippen molar-refractivity contribution in [3.63, 3.8) is 0 Å². The average molecular weight is 394 g/mol. The lowest BCUT2D eigenvalue weighted by molar-refractivity contribution is -0.146. The van der Waals surface area contributed by atoms with E-state index in [1.807, 2.05) is 42.5 Å². The Kier molecular flexibility index (Phi) is 5.25. The average Bonchev–Trinajstić information content (AvgIpc) is 3.22. The summed E-state index contributed by atoms with van der Waals surface area (Å²) in [7, 11) is 0. The highest BCUT2D eigenvalue weighted by Gasteiger charge is 2.34. The molecule has 4 nitrogen and oxygen atoms in total. The maximum atomic E-state index is 14.2. The van der Waals surface area contributed by atoms with E-state index in [0.717, 1.165) is 34.5 Å². The Hall–Kier alpha value is -3.28. The van der Waals surface area contributed by atoms with Crippen LogP contribution < -0.4 is 5.32 Å². The van der Waals surface area contributed by atoms with Crippen LogP contribution in [0.15, 0.2) is 60.7 Å². The number of likely N-dealkylation sites (tertiary alicyclic amines) is 1. The minimum atomic E-state index is -0.748. The number of nitrogens with one attached hydrogen (secondary N) is 1. The van der Waals surface area contributed by atoms with Crippen molar-refractivity contribution >= 4 is 22.6 Å². The van der Waals surface area contributed by atoms with E-state index in [2.05, 4.69) is 5.32 Å². The summed E-state index contributed by atoms with van der Waals surface area (Å²) in [6.07, 6.45) is 1.12. The fraction of sp³-hybridized carbons (Fsp3) is 0.217. The van der Waals surface area contributed by atoms with Crippen molar-refractivity contribution in [3.8, 4) is 0 Å². The molecule has 1 saturated heterocycles. The lowest BCUT2D eigenvalue weighted by Gasteiger charge is -2.25. The van der Waals surface area contributed by atoms with Crippen molar-refractivity contribution in [1.29, 1.82) is 0 Å². The third kappa shape index (κ3) is 3.83. The molecule has 0 aromatic heterocycles. The van der Waals surface area contributed by atoms with Crippen molar-refractivity contribution < 1.29 is 18.4 Å². The molecule has 29 heavy (non-hydrogen) atoms. The number of hydrogen-bond acceptors (Lipinski definition) is 2. The molecule has 6 heteroatoms. The summed E-state index contributed by atoms with van der Waals surface area (Å²) in [5.41, 5.74) is 1.01. The van der Waals surface area contributed by atoms with Crippen LogP contribution in [-0.4, -0.2) is 23.3 Å².